The van der Waals surface area contributed by atoms with Crippen molar-refractivity contribution in [3.8, 4) is 0 Å². The SMILES string of the molecule is CCCNCc1ccc(N2CC(C)N(C)C(C)C2)c(Cl)c1. The van der Waals surface area contributed by atoms with E-state index in [4.69, 9.17) is 11.6 Å². The van der Waals surface area contributed by atoms with Crippen LogP contribution >= 0.6 is 11.6 Å². The second-order valence-corrected chi connectivity index (χ2v) is 6.64. The highest BCUT2D eigenvalue weighted by Crippen LogP contribution is 2.29. The molecule has 1 aliphatic rings. The van der Waals surface area contributed by atoms with Crippen molar-refractivity contribution in [2.24, 2.45) is 0 Å². The van der Waals surface area contributed by atoms with E-state index in [1.54, 1.807) is 0 Å². The highest BCUT2D eigenvalue weighted by atomic mass is 35.5. The standard InChI is InChI=1S/C17H28ClN3/c1-5-8-19-10-15-6-7-17(16(18)9-15)21-11-13(2)20(4)14(3)12-21/h6-7,9,13-14,19H,5,8,10-12H2,1-4H3. The maximum atomic E-state index is 6.52. The zero-order chi connectivity index (χ0) is 15.4. The van der Waals surface area contributed by atoms with Gasteiger partial charge in [0.15, 0.2) is 0 Å². The predicted molar refractivity (Wildman–Crippen MR) is 92.3 cm³/mol. The quantitative estimate of drug-likeness (QED) is 0.841. The summed E-state index contributed by atoms with van der Waals surface area (Å²) in [4.78, 5) is 4.86. The molecule has 1 heterocycles. The largest absolute Gasteiger partial charge is 0.367 e. The second kappa shape index (κ2) is 7.48. The lowest BCUT2D eigenvalue weighted by Gasteiger charge is -2.43. The molecule has 1 N–H and O–H groups in total. The van der Waals surface area contributed by atoms with Crippen LogP contribution in [0.15, 0.2) is 18.2 Å². The third-order valence-corrected chi connectivity index (χ3v) is 4.77. The Morgan fingerprint density at radius 2 is 1.90 bits per heavy atom. The Hall–Kier alpha value is -0.770. The molecule has 0 bridgehead atoms. The first-order chi connectivity index (χ1) is 10.0. The molecule has 0 saturated carbocycles. The van der Waals surface area contributed by atoms with Crippen LogP contribution in [0.1, 0.15) is 32.8 Å². The van der Waals surface area contributed by atoms with Gasteiger partial charge in [0.05, 0.1) is 10.7 Å². The number of benzene rings is 1. The number of hydrogen-bond donors (Lipinski definition) is 1. The fourth-order valence-corrected chi connectivity index (χ4v) is 3.25. The highest BCUT2D eigenvalue weighted by molar-refractivity contribution is 6.33. The molecule has 118 valence electrons. The number of hydrogen-bond acceptors (Lipinski definition) is 3. The Bertz CT molecular complexity index is 451. The lowest BCUT2D eigenvalue weighted by Crippen LogP contribution is -2.55. The molecule has 2 atom stereocenters. The first-order valence-corrected chi connectivity index (χ1v) is 8.36. The molecule has 1 saturated heterocycles. The summed E-state index contributed by atoms with van der Waals surface area (Å²) in [5, 5.41) is 4.29. The Balaban J connectivity index is 2.06. The Morgan fingerprint density at radius 3 is 2.48 bits per heavy atom. The Kier molecular flexibility index (Phi) is 5.91. The van der Waals surface area contributed by atoms with E-state index in [1.807, 2.05) is 0 Å². The lowest BCUT2D eigenvalue weighted by atomic mass is 10.1. The van der Waals surface area contributed by atoms with Crippen LogP contribution in [0.4, 0.5) is 5.69 Å². The second-order valence-electron chi connectivity index (χ2n) is 6.23. The Labute approximate surface area is 134 Å². The number of likely N-dealkylation sites (N-methyl/N-ethyl adjacent to an activating group) is 1. The van der Waals surface area contributed by atoms with Crippen molar-refractivity contribution in [1.29, 1.82) is 0 Å². The van der Waals surface area contributed by atoms with Gasteiger partial charge in [-0.2, -0.15) is 0 Å². The van der Waals surface area contributed by atoms with Gasteiger partial charge in [0.2, 0.25) is 0 Å². The van der Waals surface area contributed by atoms with Crippen molar-refractivity contribution < 1.29 is 0 Å². The van der Waals surface area contributed by atoms with Crippen molar-refractivity contribution in [1.82, 2.24) is 10.2 Å². The zero-order valence-electron chi connectivity index (χ0n) is 13.7. The molecule has 1 aliphatic heterocycles. The average Bonchev–Trinajstić information content (AvgIpc) is 2.45. The van der Waals surface area contributed by atoms with Crippen molar-refractivity contribution in [2.45, 2.75) is 45.8 Å². The van der Waals surface area contributed by atoms with E-state index in [2.05, 4.69) is 61.1 Å². The highest BCUT2D eigenvalue weighted by Gasteiger charge is 2.27. The minimum Gasteiger partial charge on any atom is -0.367 e. The van der Waals surface area contributed by atoms with Gasteiger partial charge in [-0.3, -0.25) is 4.90 Å². The van der Waals surface area contributed by atoms with Gasteiger partial charge in [0.1, 0.15) is 0 Å². The number of nitrogens with one attached hydrogen (secondary N) is 1. The summed E-state index contributed by atoms with van der Waals surface area (Å²) in [6.45, 7) is 10.7. The van der Waals surface area contributed by atoms with Crippen LogP contribution in [0.5, 0.6) is 0 Å². The van der Waals surface area contributed by atoms with Crippen LogP contribution in [0.3, 0.4) is 0 Å². The van der Waals surface area contributed by atoms with Gasteiger partial charge in [0, 0.05) is 31.7 Å². The fourth-order valence-electron chi connectivity index (χ4n) is 2.93. The number of piperazine rings is 1. The van der Waals surface area contributed by atoms with Crippen molar-refractivity contribution in [3.63, 3.8) is 0 Å². The van der Waals surface area contributed by atoms with Crippen molar-refractivity contribution in [2.75, 3.05) is 31.6 Å². The Morgan fingerprint density at radius 1 is 1.24 bits per heavy atom. The third kappa shape index (κ3) is 4.12. The van der Waals surface area contributed by atoms with Crippen LogP contribution in [0, 0.1) is 0 Å². The number of nitrogens with zero attached hydrogens (tertiary/aromatic N) is 2. The van der Waals surface area contributed by atoms with Crippen molar-refractivity contribution in [3.05, 3.63) is 28.8 Å². The normalized spacial score (nSPS) is 23.6. The summed E-state index contributed by atoms with van der Waals surface area (Å²) in [6, 6.07) is 7.58. The number of anilines is 1. The topological polar surface area (TPSA) is 18.5 Å². The van der Waals surface area contributed by atoms with Gasteiger partial charge in [0.25, 0.3) is 0 Å². The fraction of sp³-hybridized carbons (Fsp3) is 0.647. The molecular formula is C17H28ClN3. The van der Waals surface area contributed by atoms with E-state index >= 15 is 0 Å². The smallest absolute Gasteiger partial charge is 0.0642 e. The molecule has 2 rings (SSSR count). The third-order valence-electron chi connectivity index (χ3n) is 4.47. The molecule has 3 nitrogen and oxygen atoms in total. The molecule has 4 heteroatoms. The molecule has 1 aromatic carbocycles. The van der Waals surface area contributed by atoms with E-state index in [1.165, 1.54) is 11.3 Å². The molecule has 0 aromatic heterocycles. The van der Waals surface area contributed by atoms with Gasteiger partial charge < -0.3 is 10.2 Å². The first kappa shape index (κ1) is 16.6. The van der Waals surface area contributed by atoms with Crippen LogP contribution in [0.25, 0.3) is 0 Å². The van der Waals surface area contributed by atoms with Crippen LogP contribution in [-0.2, 0) is 6.54 Å². The maximum absolute atomic E-state index is 6.52. The zero-order valence-corrected chi connectivity index (χ0v) is 14.5. The summed E-state index contributed by atoms with van der Waals surface area (Å²) in [5.74, 6) is 0. The van der Waals surface area contributed by atoms with Gasteiger partial charge >= 0.3 is 0 Å². The minimum atomic E-state index is 0.552. The molecule has 2 unspecified atom stereocenters. The van der Waals surface area contributed by atoms with E-state index in [-0.39, 0.29) is 0 Å². The number of rotatable bonds is 5. The maximum Gasteiger partial charge on any atom is 0.0642 e. The lowest BCUT2D eigenvalue weighted by molar-refractivity contribution is 0.170. The minimum absolute atomic E-state index is 0.552. The van der Waals surface area contributed by atoms with Crippen LogP contribution < -0.4 is 10.2 Å². The van der Waals surface area contributed by atoms with E-state index < -0.39 is 0 Å². The molecule has 21 heavy (non-hydrogen) atoms. The van der Waals surface area contributed by atoms with Gasteiger partial charge in [-0.05, 0) is 51.6 Å². The molecule has 0 radical (unpaired) electrons. The van der Waals surface area contributed by atoms with Crippen molar-refractivity contribution >= 4 is 17.3 Å². The molecule has 1 aromatic rings. The summed E-state index contributed by atoms with van der Waals surface area (Å²) in [5.41, 5.74) is 2.43. The molecule has 0 amide bonds. The van der Waals surface area contributed by atoms with E-state index in [9.17, 15) is 0 Å². The van der Waals surface area contributed by atoms with Gasteiger partial charge in [-0.1, -0.05) is 24.6 Å². The molecule has 0 aliphatic carbocycles. The number of halogens is 1. The molecule has 0 spiro atoms. The van der Waals surface area contributed by atoms with Gasteiger partial charge in [-0.15, -0.1) is 0 Å². The summed E-state index contributed by atoms with van der Waals surface area (Å²) >= 11 is 6.52. The van der Waals surface area contributed by atoms with E-state index in [0.29, 0.717) is 12.1 Å². The first-order valence-electron chi connectivity index (χ1n) is 7.99. The summed E-state index contributed by atoms with van der Waals surface area (Å²) in [6.07, 6.45) is 1.16. The molecule has 1 fully saturated rings. The average molecular weight is 310 g/mol. The van der Waals surface area contributed by atoms with E-state index in [0.717, 1.165) is 37.6 Å². The van der Waals surface area contributed by atoms with Crippen LogP contribution in [0.2, 0.25) is 5.02 Å². The summed E-state index contributed by atoms with van der Waals surface area (Å²) < 4.78 is 0. The van der Waals surface area contributed by atoms with Crippen LogP contribution in [-0.4, -0.2) is 43.7 Å². The monoisotopic (exact) mass is 309 g/mol. The predicted octanol–water partition coefficient (Wildman–Crippen LogP) is 3.37. The molecular weight excluding hydrogens is 282 g/mol. The summed E-state index contributed by atoms with van der Waals surface area (Å²) in [7, 11) is 2.21. The van der Waals surface area contributed by atoms with Gasteiger partial charge in [-0.25, -0.2) is 0 Å².